The molecule has 0 spiro atoms. The largest absolute Gasteiger partial charge is 0.507 e. The zero-order valence-corrected chi connectivity index (χ0v) is 11.9. The fourth-order valence-electron chi connectivity index (χ4n) is 1.88. The number of nitrogens with one attached hydrogen (secondary N) is 1. The topological polar surface area (TPSA) is 95.3 Å². The minimum atomic E-state index is -0.687. The summed E-state index contributed by atoms with van der Waals surface area (Å²) in [5, 5.41) is 22.2. The molecule has 0 unspecified atom stereocenters. The highest BCUT2D eigenvalue weighted by atomic mass is 35.5. The summed E-state index contributed by atoms with van der Waals surface area (Å²) in [6.45, 7) is 0. The molecule has 1 heterocycles. The molecule has 0 radical (unpaired) electrons. The van der Waals surface area contributed by atoms with Gasteiger partial charge in [-0.2, -0.15) is 8.75 Å². The fourth-order valence-corrected chi connectivity index (χ4v) is 2.63. The van der Waals surface area contributed by atoms with Crippen molar-refractivity contribution >= 4 is 46.0 Å². The van der Waals surface area contributed by atoms with Crippen LogP contribution in [0.15, 0.2) is 30.3 Å². The first-order chi connectivity index (χ1) is 10.1. The molecule has 21 heavy (non-hydrogen) atoms. The maximum atomic E-state index is 12.2. The Morgan fingerprint density at radius 2 is 1.86 bits per heavy atom. The van der Waals surface area contributed by atoms with E-state index in [0.717, 1.165) is 11.7 Å². The van der Waals surface area contributed by atoms with Gasteiger partial charge < -0.3 is 15.5 Å². The lowest BCUT2D eigenvalue weighted by Gasteiger charge is -2.10. The lowest BCUT2D eigenvalue weighted by atomic mass is 10.1. The standard InChI is InChI=1S/C13H8ClN3O3S/c14-6-4-5-7-12(17-21-16-7)11(6)15-13(20)10-8(18)2-1-3-9(10)19/h1-5,18-19H,(H,15,20). The molecule has 0 bridgehead atoms. The summed E-state index contributed by atoms with van der Waals surface area (Å²) in [5.74, 6) is -1.34. The quantitative estimate of drug-likeness (QED) is 0.674. The first-order valence-electron chi connectivity index (χ1n) is 5.81. The predicted octanol–water partition coefficient (Wildman–Crippen LogP) is 3.01. The number of nitrogens with zero attached hydrogens (tertiary/aromatic N) is 2. The van der Waals surface area contributed by atoms with Crippen LogP contribution < -0.4 is 5.32 Å². The van der Waals surface area contributed by atoms with Crippen molar-refractivity contribution < 1.29 is 15.0 Å². The molecule has 8 heteroatoms. The van der Waals surface area contributed by atoms with E-state index in [1.54, 1.807) is 12.1 Å². The van der Waals surface area contributed by atoms with Gasteiger partial charge >= 0.3 is 0 Å². The van der Waals surface area contributed by atoms with Crippen molar-refractivity contribution in [3.8, 4) is 11.5 Å². The van der Waals surface area contributed by atoms with E-state index in [-0.39, 0.29) is 22.7 Å². The number of phenolic OH excluding ortho intramolecular Hbond substituents is 2. The zero-order chi connectivity index (χ0) is 15.0. The molecule has 3 aromatic rings. The van der Waals surface area contributed by atoms with Crippen LogP contribution in [-0.2, 0) is 0 Å². The van der Waals surface area contributed by atoms with E-state index >= 15 is 0 Å². The second kappa shape index (κ2) is 5.19. The summed E-state index contributed by atoms with van der Waals surface area (Å²) in [7, 11) is 0. The van der Waals surface area contributed by atoms with Gasteiger partial charge in [0, 0.05) is 0 Å². The molecule has 6 nitrogen and oxygen atoms in total. The van der Waals surface area contributed by atoms with Crippen LogP contribution in [0.1, 0.15) is 10.4 Å². The number of carbonyl (C=O) groups excluding carboxylic acids is 1. The molecule has 0 fully saturated rings. The molecule has 0 aliphatic carbocycles. The smallest absolute Gasteiger partial charge is 0.263 e. The van der Waals surface area contributed by atoms with Gasteiger partial charge in [0.2, 0.25) is 0 Å². The first-order valence-corrected chi connectivity index (χ1v) is 6.92. The normalized spacial score (nSPS) is 10.7. The summed E-state index contributed by atoms with van der Waals surface area (Å²) in [6.07, 6.45) is 0. The van der Waals surface area contributed by atoms with Crippen LogP contribution in [0, 0.1) is 0 Å². The highest BCUT2D eigenvalue weighted by molar-refractivity contribution is 7.00. The van der Waals surface area contributed by atoms with Crippen molar-refractivity contribution in [3.63, 3.8) is 0 Å². The monoisotopic (exact) mass is 321 g/mol. The number of phenols is 2. The van der Waals surface area contributed by atoms with Gasteiger partial charge in [0.1, 0.15) is 28.1 Å². The van der Waals surface area contributed by atoms with E-state index in [9.17, 15) is 15.0 Å². The van der Waals surface area contributed by atoms with E-state index < -0.39 is 5.91 Å². The van der Waals surface area contributed by atoms with Crippen molar-refractivity contribution in [2.75, 3.05) is 5.32 Å². The average Bonchev–Trinajstić information content (AvgIpc) is 2.90. The number of aromatic nitrogens is 2. The number of benzene rings is 2. The number of halogens is 1. The number of rotatable bonds is 2. The Bertz CT molecular complexity index is 830. The third kappa shape index (κ3) is 2.37. The van der Waals surface area contributed by atoms with Crippen LogP contribution in [0.2, 0.25) is 5.02 Å². The van der Waals surface area contributed by atoms with E-state index in [2.05, 4.69) is 14.1 Å². The number of aromatic hydroxyl groups is 2. The molecule has 0 saturated carbocycles. The minimum Gasteiger partial charge on any atom is -0.507 e. The van der Waals surface area contributed by atoms with Crippen molar-refractivity contribution in [1.82, 2.24) is 8.75 Å². The third-order valence-electron chi connectivity index (χ3n) is 2.86. The SMILES string of the molecule is O=C(Nc1c(Cl)ccc2nsnc12)c1c(O)cccc1O. The number of hydrogen-bond acceptors (Lipinski definition) is 6. The number of hydrogen-bond donors (Lipinski definition) is 3. The summed E-state index contributed by atoms with van der Waals surface area (Å²) >= 11 is 7.06. The van der Waals surface area contributed by atoms with Crippen molar-refractivity contribution in [2.45, 2.75) is 0 Å². The Balaban J connectivity index is 2.04. The molecule has 2 aromatic carbocycles. The zero-order valence-electron chi connectivity index (χ0n) is 10.4. The lowest BCUT2D eigenvalue weighted by Crippen LogP contribution is -2.13. The van der Waals surface area contributed by atoms with Crippen molar-refractivity contribution in [1.29, 1.82) is 0 Å². The van der Waals surface area contributed by atoms with Crippen LogP contribution >= 0.6 is 23.3 Å². The molecule has 0 aliphatic rings. The Kier molecular flexibility index (Phi) is 3.36. The summed E-state index contributed by atoms with van der Waals surface area (Å²) in [6, 6.07) is 7.32. The maximum Gasteiger partial charge on any atom is 0.263 e. The molecule has 0 saturated heterocycles. The van der Waals surface area contributed by atoms with Gasteiger partial charge in [-0.15, -0.1) is 0 Å². The van der Waals surface area contributed by atoms with Gasteiger partial charge in [-0.25, -0.2) is 0 Å². The third-order valence-corrected chi connectivity index (χ3v) is 3.72. The number of anilines is 1. The van der Waals surface area contributed by atoms with Gasteiger partial charge in [-0.1, -0.05) is 17.7 Å². The van der Waals surface area contributed by atoms with Crippen LogP contribution in [0.4, 0.5) is 5.69 Å². The van der Waals surface area contributed by atoms with Crippen LogP contribution in [0.25, 0.3) is 11.0 Å². The second-order valence-electron chi connectivity index (χ2n) is 4.18. The molecular formula is C13H8ClN3O3S. The van der Waals surface area contributed by atoms with Crippen LogP contribution in [0.3, 0.4) is 0 Å². The van der Waals surface area contributed by atoms with Gasteiger partial charge in [0.25, 0.3) is 5.91 Å². The van der Waals surface area contributed by atoms with E-state index in [1.165, 1.54) is 18.2 Å². The Morgan fingerprint density at radius 1 is 1.14 bits per heavy atom. The molecule has 1 aromatic heterocycles. The number of carbonyl (C=O) groups is 1. The number of fused-ring (bicyclic) bond motifs is 1. The predicted molar refractivity (Wildman–Crippen MR) is 80.1 cm³/mol. The second-order valence-corrected chi connectivity index (χ2v) is 5.12. The molecule has 1 amide bonds. The molecule has 3 N–H and O–H groups in total. The van der Waals surface area contributed by atoms with Gasteiger partial charge in [0.05, 0.1) is 22.4 Å². The highest BCUT2D eigenvalue weighted by Gasteiger charge is 2.19. The first kappa shape index (κ1) is 13.6. The molecule has 106 valence electrons. The average molecular weight is 322 g/mol. The van der Waals surface area contributed by atoms with E-state index in [1.807, 2.05) is 0 Å². The summed E-state index contributed by atoms with van der Waals surface area (Å²) in [5.41, 5.74) is 1.11. The lowest BCUT2D eigenvalue weighted by molar-refractivity contribution is 0.102. The van der Waals surface area contributed by atoms with Crippen LogP contribution in [-0.4, -0.2) is 24.9 Å². The molecule has 3 rings (SSSR count). The molecular weight excluding hydrogens is 314 g/mol. The maximum absolute atomic E-state index is 12.2. The highest BCUT2D eigenvalue weighted by Crippen LogP contribution is 2.32. The Labute approximate surface area is 128 Å². The Morgan fingerprint density at radius 3 is 2.57 bits per heavy atom. The van der Waals surface area contributed by atoms with Crippen molar-refractivity contribution in [2.24, 2.45) is 0 Å². The van der Waals surface area contributed by atoms with Crippen LogP contribution in [0.5, 0.6) is 11.5 Å². The minimum absolute atomic E-state index is 0.228. The fraction of sp³-hybridized carbons (Fsp3) is 0. The molecule has 0 atom stereocenters. The Hall–Kier alpha value is -2.38. The molecule has 0 aliphatic heterocycles. The van der Waals surface area contributed by atoms with Crippen molar-refractivity contribution in [3.05, 3.63) is 40.9 Å². The van der Waals surface area contributed by atoms with Gasteiger partial charge in [0.15, 0.2) is 0 Å². The number of amides is 1. The van der Waals surface area contributed by atoms with E-state index in [4.69, 9.17) is 11.6 Å². The van der Waals surface area contributed by atoms with E-state index in [0.29, 0.717) is 16.1 Å². The summed E-state index contributed by atoms with van der Waals surface area (Å²) < 4.78 is 8.13. The van der Waals surface area contributed by atoms with Gasteiger partial charge in [-0.05, 0) is 24.3 Å². The summed E-state index contributed by atoms with van der Waals surface area (Å²) in [4.78, 5) is 12.2. The van der Waals surface area contributed by atoms with Gasteiger partial charge in [-0.3, -0.25) is 4.79 Å².